The lowest BCUT2D eigenvalue weighted by atomic mass is 9.90. The highest BCUT2D eigenvalue weighted by molar-refractivity contribution is 5.81. The summed E-state index contributed by atoms with van der Waals surface area (Å²) in [5.41, 5.74) is -0.164. The van der Waals surface area contributed by atoms with Gasteiger partial charge in [0.05, 0.1) is 6.04 Å². The van der Waals surface area contributed by atoms with Crippen LogP contribution in [0.4, 0.5) is 0 Å². The maximum Gasteiger partial charge on any atom is 0.237 e. The highest BCUT2D eigenvalue weighted by atomic mass is 16.2. The number of hydrogen-bond donors (Lipinski definition) is 2. The van der Waals surface area contributed by atoms with E-state index in [1.807, 2.05) is 27.7 Å². The van der Waals surface area contributed by atoms with E-state index in [9.17, 15) is 4.79 Å². The highest BCUT2D eigenvalue weighted by Crippen LogP contribution is 2.20. The standard InChI is InChI=1S/C16H33N3O/c1-7-19-10-8-14(9-11-19)12(2)17-13(3)15(20)18-16(4,5)6/h12-14,17H,7-11H2,1-6H3,(H,18,20). The normalized spacial score (nSPS) is 21.5. The summed E-state index contributed by atoms with van der Waals surface area (Å²) >= 11 is 0. The minimum atomic E-state index is -0.164. The summed E-state index contributed by atoms with van der Waals surface area (Å²) in [4.78, 5) is 14.6. The summed E-state index contributed by atoms with van der Waals surface area (Å²) in [6.45, 7) is 16.0. The van der Waals surface area contributed by atoms with Crippen molar-refractivity contribution in [1.82, 2.24) is 15.5 Å². The Morgan fingerprint density at radius 1 is 1.25 bits per heavy atom. The van der Waals surface area contributed by atoms with Gasteiger partial charge in [-0.05, 0) is 73.0 Å². The van der Waals surface area contributed by atoms with E-state index < -0.39 is 0 Å². The lowest BCUT2D eigenvalue weighted by Crippen LogP contribution is -2.53. The predicted octanol–water partition coefficient (Wildman–Crippen LogP) is 2.00. The molecule has 1 heterocycles. The van der Waals surface area contributed by atoms with Gasteiger partial charge in [0, 0.05) is 11.6 Å². The van der Waals surface area contributed by atoms with Crippen LogP contribution in [0.3, 0.4) is 0 Å². The van der Waals surface area contributed by atoms with Gasteiger partial charge in [-0.15, -0.1) is 0 Å². The van der Waals surface area contributed by atoms with E-state index in [0.717, 1.165) is 6.54 Å². The van der Waals surface area contributed by atoms with Crippen LogP contribution in [0.15, 0.2) is 0 Å². The molecule has 2 atom stereocenters. The second-order valence-electron chi connectivity index (χ2n) is 7.19. The molecule has 1 aliphatic heterocycles. The first-order chi connectivity index (χ1) is 9.23. The van der Waals surface area contributed by atoms with Crippen molar-refractivity contribution >= 4 is 5.91 Å². The van der Waals surface area contributed by atoms with Gasteiger partial charge < -0.3 is 15.5 Å². The first-order valence-electron chi connectivity index (χ1n) is 8.03. The fourth-order valence-corrected chi connectivity index (χ4v) is 2.85. The molecule has 0 aromatic heterocycles. The van der Waals surface area contributed by atoms with Crippen LogP contribution in [0.25, 0.3) is 0 Å². The first-order valence-corrected chi connectivity index (χ1v) is 8.03. The van der Waals surface area contributed by atoms with Crippen LogP contribution in [0.2, 0.25) is 0 Å². The zero-order chi connectivity index (χ0) is 15.3. The van der Waals surface area contributed by atoms with Gasteiger partial charge in [0.25, 0.3) is 0 Å². The number of carbonyl (C=O) groups is 1. The van der Waals surface area contributed by atoms with Crippen molar-refractivity contribution in [3.05, 3.63) is 0 Å². The number of amides is 1. The maximum atomic E-state index is 12.1. The molecule has 20 heavy (non-hydrogen) atoms. The third-order valence-corrected chi connectivity index (χ3v) is 4.19. The molecule has 118 valence electrons. The van der Waals surface area contributed by atoms with Crippen LogP contribution < -0.4 is 10.6 Å². The zero-order valence-electron chi connectivity index (χ0n) is 14.1. The molecular formula is C16H33N3O. The molecular weight excluding hydrogens is 250 g/mol. The molecule has 0 saturated carbocycles. The summed E-state index contributed by atoms with van der Waals surface area (Å²) in [6.07, 6.45) is 2.46. The van der Waals surface area contributed by atoms with E-state index in [-0.39, 0.29) is 17.5 Å². The van der Waals surface area contributed by atoms with Gasteiger partial charge in [-0.25, -0.2) is 0 Å². The van der Waals surface area contributed by atoms with Crippen molar-refractivity contribution < 1.29 is 4.79 Å². The topological polar surface area (TPSA) is 44.4 Å². The zero-order valence-corrected chi connectivity index (χ0v) is 14.1. The highest BCUT2D eigenvalue weighted by Gasteiger charge is 2.26. The van der Waals surface area contributed by atoms with Crippen LogP contribution in [-0.4, -0.2) is 48.1 Å². The summed E-state index contributed by atoms with van der Waals surface area (Å²) in [5.74, 6) is 0.776. The second kappa shape index (κ2) is 7.41. The Labute approximate surface area is 124 Å². The molecule has 4 heteroatoms. The van der Waals surface area contributed by atoms with Crippen LogP contribution in [0, 0.1) is 5.92 Å². The summed E-state index contributed by atoms with van der Waals surface area (Å²) in [5, 5.41) is 6.51. The number of piperidine rings is 1. The number of likely N-dealkylation sites (tertiary alicyclic amines) is 1. The first kappa shape index (κ1) is 17.4. The van der Waals surface area contributed by atoms with Gasteiger partial charge in [-0.1, -0.05) is 6.92 Å². The van der Waals surface area contributed by atoms with Gasteiger partial charge in [0.15, 0.2) is 0 Å². The third kappa shape index (κ3) is 5.80. The molecule has 0 aliphatic carbocycles. The Morgan fingerprint density at radius 3 is 2.25 bits per heavy atom. The van der Waals surface area contributed by atoms with Crippen molar-refractivity contribution in [2.45, 2.75) is 72.0 Å². The molecule has 0 spiro atoms. The lowest BCUT2D eigenvalue weighted by Gasteiger charge is -2.35. The van der Waals surface area contributed by atoms with Gasteiger partial charge in [-0.3, -0.25) is 4.79 Å². The van der Waals surface area contributed by atoms with Gasteiger partial charge in [-0.2, -0.15) is 0 Å². The number of nitrogens with zero attached hydrogens (tertiary/aromatic N) is 1. The third-order valence-electron chi connectivity index (χ3n) is 4.19. The predicted molar refractivity (Wildman–Crippen MR) is 84.8 cm³/mol. The van der Waals surface area contributed by atoms with E-state index in [0.29, 0.717) is 12.0 Å². The molecule has 2 unspecified atom stereocenters. The monoisotopic (exact) mass is 283 g/mol. The maximum absolute atomic E-state index is 12.1. The van der Waals surface area contributed by atoms with Crippen molar-refractivity contribution in [3.63, 3.8) is 0 Å². The molecule has 1 rings (SSSR count). The Balaban J connectivity index is 2.38. The Kier molecular flexibility index (Phi) is 6.46. The Bertz CT molecular complexity index is 303. The lowest BCUT2D eigenvalue weighted by molar-refractivity contribution is -0.124. The molecule has 1 amide bonds. The minimum Gasteiger partial charge on any atom is -0.350 e. The SMILES string of the molecule is CCN1CCC(C(C)NC(C)C(=O)NC(C)(C)C)CC1. The van der Waals surface area contributed by atoms with Gasteiger partial charge >= 0.3 is 0 Å². The molecule has 1 saturated heterocycles. The molecule has 0 aromatic carbocycles. The number of carbonyl (C=O) groups excluding carboxylic acids is 1. The summed E-state index contributed by atoms with van der Waals surface area (Å²) < 4.78 is 0. The van der Waals surface area contributed by atoms with Crippen molar-refractivity contribution in [2.75, 3.05) is 19.6 Å². The van der Waals surface area contributed by atoms with Crippen LogP contribution in [-0.2, 0) is 4.79 Å². The molecule has 1 aliphatic rings. The molecule has 0 radical (unpaired) electrons. The molecule has 0 aromatic rings. The minimum absolute atomic E-state index is 0.0929. The van der Waals surface area contributed by atoms with Gasteiger partial charge in [0.2, 0.25) is 5.91 Å². The van der Waals surface area contributed by atoms with E-state index in [1.54, 1.807) is 0 Å². The van der Waals surface area contributed by atoms with Crippen molar-refractivity contribution in [3.8, 4) is 0 Å². The van der Waals surface area contributed by atoms with E-state index in [4.69, 9.17) is 0 Å². The van der Waals surface area contributed by atoms with Gasteiger partial charge in [0.1, 0.15) is 0 Å². The largest absolute Gasteiger partial charge is 0.350 e. The number of hydrogen-bond acceptors (Lipinski definition) is 3. The van der Waals surface area contributed by atoms with Crippen LogP contribution in [0.5, 0.6) is 0 Å². The van der Waals surface area contributed by atoms with Crippen LogP contribution >= 0.6 is 0 Å². The van der Waals surface area contributed by atoms with Crippen molar-refractivity contribution in [2.24, 2.45) is 5.92 Å². The van der Waals surface area contributed by atoms with E-state index in [2.05, 4.69) is 29.4 Å². The summed E-state index contributed by atoms with van der Waals surface area (Å²) in [6, 6.07) is 0.267. The average molecular weight is 283 g/mol. The van der Waals surface area contributed by atoms with E-state index in [1.165, 1.54) is 25.9 Å². The second-order valence-corrected chi connectivity index (χ2v) is 7.19. The molecule has 1 fully saturated rings. The molecule has 0 bridgehead atoms. The molecule has 2 N–H and O–H groups in total. The number of nitrogens with one attached hydrogen (secondary N) is 2. The molecule has 4 nitrogen and oxygen atoms in total. The fraction of sp³-hybridized carbons (Fsp3) is 0.938. The average Bonchev–Trinajstić information content (AvgIpc) is 2.36. The number of rotatable bonds is 5. The van der Waals surface area contributed by atoms with E-state index >= 15 is 0 Å². The Hall–Kier alpha value is -0.610. The van der Waals surface area contributed by atoms with Crippen molar-refractivity contribution in [1.29, 1.82) is 0 Å². The Morgan fingerprint density at radius 2 is 1.80 bits per heavy atom. The summed E-state index contributed by atoms with van der Waals surface area (Å²) in [7, 11) is 0. The van der Waals surface area contributed by atoms with Crippen LogP contribution in [0.1, 0.15) is 54.4 Å². The fourth-order valence-electron chi connectivity index (χ4n) is 2.85. The quantitative estimate of drug-likeness (QED) is 0.811. The smallest absolute Gasteiger partial charge is 0.237 e.